The molecule has 1 fully saturated rings. The smallest absolute Gasteiger partial charge is 0.335 e. The minimum Gasteiger partial charge on any atom is -0.479 e. The number of carboxylic acids is 1. The Hall–Kier alpha value is -2.22. The largest absolute Gasteiger partial charge is 0.479 e. The van der Waals surface area contributed by atoms with Crippen LogP contribution in [0.15, 0.2) is 28.7 Å². The molecule has 158 valence electrons. The number of methoxy groups -OCH3 is 1. The van der Waals surface area contributed by atoms with Gasteiger partial charge in [-0.25, -0.2) is 9.78 Å². The predicted octanol–water partition coefficient (Wildman–Crippen LogP) is 3.90. The van der Waals surface area contributed by atoms with E-state index in [1.807, 2.05) is 38.1 Å². The van der Waals surface area contributed by atoms with Crippen LogP contribution in [0.2, 0.25) is 0 Å². The van der Waals surface area contributed by atoms with Crippen molar-refractivity contribution in [3.8, 4) is 11.5 Å². The lowest BCUT2D eigenvalue weighted by molar-refractivity contribution is -0.155. The first-order valence-electron chi connectivity index (χ1n) is 9.98. The number of aromatic nitrogens is 1. The zero-order valence-corrected chi connectivity index (χ0v) is 17.2. The summed E-state index contributed by atoms with van der Waals surface area (Å²) in [5, 5.41) is 9.04. The summed E-state index contributed by atoms with van der Waals surface area (Å²) < 4.78 is 22.6. The Labute approximate surface area is 171 Å². The van der Waals surface area contributed by atoms with Crippen molar-refractivity contribution in [3.63, 3.8) is 0 Å². The maximum absolute atomic E-state index is 11.0. The van der Waals surface area contributed by atoms with Gasteiger partial charge in [0.1, 0.15) is 11.5 Å². The van der Waals surface area contributed by atoms with Crippen LogP contribution in [0.25, 0.3) is 11.5 Å². The van der Waals surface area contributed by atoms with Gasteiger partial charge in [0.25, 0.3) is 0 Å². The number of aliphatic carboxylic acids is 1. The van der Waals surface area contributed by atoms with Crippen LogP contribution in [0.3, 0.4) is 0 Å². The van der Waals surface area contributed by atoms with Gasteiger partial charge in [-0.3, -0.25) is 0 Å². The Morgan fingerprint density at radius 3 is 2.55 bits per heavy atom. The van der Waals surface area contributed by atoms with E-state index >= 15 is 0 Å². The van der Waals surface area contributed by atoms with E-state index in [1.54, 1.807) is 0 Å². The van der Waals surface area contributed by atoms with E-state index in [2.05, 4.69) is 4.98 Å². The molecule has 1 aliphatic rings. The van der Waals surface area contributed by atoms with Crippen LogP contribution >= 0.6 is 0 Å². The Balaban J connectivity index is 1.52. The van der Waals surface area contributed by atoms with Gasteiger partial charge >= 0.3 is 5.97 Å². The van der Waals surface area contributed by atoms with Crippen molar-refractivity contribution in [1.29, 1.82) is 0 Å². The lowest BCUT2D eigenvalue weighted by Gasteiger charge is -2.29. The summed E-state index contributed by atoms with van der Waals surface area (Å²) >= 11 is 0. The highest BCUT2D eigenvalue weighted by Crippen LogP contribution is 2.27. The van der Waals surface area contributed by atoms with Crippen molar-refractivity contribution in [3.05, 3.63) is 41.3 Å². The lowest BCUT2D eigenvalue weighted by atomic mass is 9.95. The summed E-state index contributed by atoms with van der Waals surface area (Å²) in [6, 6.07) is 8.06. The second-order valence-corrected chi connectivity index (χ2v) is 7.51. The molecule has 2 aromatic rings. The third-order valence-corrected chi connectivity index (χ3v) is 5.27. The zero-order valence-electron chi connectivity index (χ0n) is 17.2. The zero-order chi connectivity index (χ0) is 20.8. The number of aryl methyl sites for hydroxylation is 2. The first-order valence-corrected chi connectivity index (χ1v) is 9.98. The fraction of sp³-hybridized carbons (Fsp3) is 0.545. The van der Waals surface area contributed by atoms with E-state index < -0.39 is 12.1 Å². The van der Waals surface area contributed by atoms with Crippen molar-refractivity contribution in [1.82, 2.24) is 4.98 Å². The highest BCUT2D eigenvalue weighted by Gasteiger charge is 2.26. The number of carboxylic acid groups (broad SMARTS) is 1. The maximum atomic E-state index is 11.0. The molecule has 0 spiro atoms. The van der Waals surface area contributed by atoms with Crippen molar-refractivity contribution in [2.24, 2.45) is 0 Å². The van der Waals surface area contributed by atoms with Gasteiger partial charge in [0, 0.05) is 12.7 Å². The quantitative estimate of drug-likeness (QED) is 0.679. The lowest BCUT2D eigenvalue weighted by Crippen LogP contribution is -2.34. The summed E-state index contributed by atoms with van der Waals surface area (Å²) in [7, 11) is 1.38. The molecule has 0 amide bonds. The van der Waals surface area contributed by atoms with Gasteiger partial charge in [-0.05, 0) is 51.7 Å². The van der Waals surface area contributed by atoms with E-state index in [4.69, 9.17) is 23.7 Å². The van der Waals surface area contributed by atoms with Crippen molar-refractivity contribution >= 4 is 5.97 Å². The van der Waals surface area contributed by atoms with Gasteiger partial charge in [0.05, 0.1) is 25.4 Å². The number of hydrogen-bond donors (Lipinski definition) is 1. The van der Waals surface area contributed by atoms with Crippen LogP contribution in [0.1, 0.15) is 42.7 Å². The summed E-state index contributed by atoms with van der Waals surface area (Å²) in [5.74, 6) is 0.348. The number of hydrogen-bond acceptors (Lipinski definition) is 6. The molecule has 0 aliphatic heterocycles. The summed E-state index contributed by atoms with van der Waals surface area (Å²) in [5.41, 5.74) is 2.94. The van der Waals surface area contributed by atoms with E-state index in [1.165, 1.54) is 12.7 Å². The molecule has 1 aromatic heterocycles. The first-order chi connectivity index (χ1) is 14.0. The Bertz CT molecular complexity index is 800. The predicted molar refractivity (Wildman–Crippen MR) is 107 cm³/mol. The molecule has 1 N–H and O–H groups in total. The highest BCUT2D eigenvalue weighted by atomic mass is 16.5. The van der Waals surface area contributed by atoms with Crippen molar-refractivity contribution < 1.29 is 28.5 Å². The second kappa shape index (κ2) is 10.0. The van der Waals surface area contributed by atoms with Gasteiger partial charge in [0.2, 0.25) is 5.89 Å². The highest BCUT2D eigenvalue weighted by molar-refractivity contribution is 5.72. The molecular weight excluding hydrogens is 374 g/mol. The molecule has 0 saturated heterocycles. The first kappa shape index (κ1) is 21.5. The number of nitrogens with zero attached hydrogens (tertiary/aromatic N) is 1. The average molecular weight is 403 g/mol. The van der Waals surface area contributed by atoms with E-state index in [-0.39, 0.29) is 18.8 Å². The molecule has 3 atom stereocenters. The Morgan fingerprint density at radius 1 is 1.21 bits per heavy atom. The molecule has 7 nitrogen and oxygen atoms in total. The number of oxazole rings is 1. The van der Waals surface area contributed by atoms with Crippen LogP contribution < -0.4 is 0 Å². The molecule has 1 aliphatic carbocycles. The molecule has 1 aromatic carbocycles. The molecule has 0 radical (unpaired) electrons. The van der Waals surface area contributed by atoms with Crippen LogP contribution in [-0.2, 0) is 25.6 Å². The van der Waals surface area contributed by atoms with E-state index in [0.29, 0.717) is 12.5 Å². The minimum absolute atomic E-state index is 0.0210. The van der Waals surface area contributed by atoms with Crippen molar-refractivity contribution in [2.75, 3.05) is 13.7 Å². The molecule has 3 rings (SSSR count). The molecule has 1 heterocycles. The molecule has 7 heteroatoms. The second-order valence-electron chi connectivity index (χ2n) is 7.51. The Morgan fingerprint density at radius 2 is 1.90 bits per heavy atom. The van der Waals surface area contributed by atoms with E-state index in [9.17, 15) is 4.79 Å². The third-order valence-electron chi connectivity index (χ3n) is 5.27. The fourth-order valence-corrected chi connectivity index (χ4v) is 3.45. The van der Waals surface area contributed by atoms with Crippen LogP contribution in [0, 0.1) is 13.8 Å². The molecular formula is C22H29NO6. The Kier molecular flexibility index (Phi) is 7.41. The topological polar surface area (TPSA) is 91.0 Å². The molecule has 0 bridgehead atoms. The van der Waals surface area contributed by atoms with Gasteiger partial charge in [0.15, 0.2) is 6.10 Å². The summed E-state index contributed by atoms with van der Waals surface area (Å²) in [6.07, 6.45) is 2.66. The number of carbonyl (C=O) groups is 1. The average Bonchev–Trinajstić information content (AvgIpc) is 3.08. The van der Waals surface area contributed by atoms with Gasteiger partial charge in [-0.15, -0.1) is 0 Å². The summed E-state index contributed by atoms with van der Waals surface area (Å²) in [6.45, 7) is 4.37. The minimum atomic E-state index is -1.01. The van der Waals surface area contributed by atoms with Crippen LogP contribution in [-0.4, -0.2) is 48.1 Å². The molecule has 1 unspecified atom stereocenters. The number of benzene rings is 1. The molecule has 29 heavy (non-hydrogen) atoms. The SMILES string of the molecule is COC(CO[C@@H]1CCC[C@H](OCc2nc(-c3ccc(C)cc3)oc2C)C1)C(=O)O. The number of rotatable bonds is 9. The van der Waals surface area contributed by atoms with Crippen molar-refractivity contribution in [2.45, 2.75) is 64.4 Å². The molecule has 1 saturated carbocycles. The van der Waals surface area contributed by atoms with Gasteiger partial charge in [-0.2, -0.15) is 0 Å². The fourth-order valence-electron chi connectivity index (χ4n) is 3.45. The van der Waals surface area contributed by atoms with Crippen LogP contribution in [0.4, 0.5) is 0 Å². The van der Waals surface area contributed by atoms with Crippen LogP contribution in [0.5, 0.6) is 0 Å². The van der Waals surface area contributed by atoms with Gasteiger partial charge < -0.3 is 23.7 Å². The standard InChI is InChI=1S/C22H29NO6/c1-14-7-9-16(10-8-14)21-23-19(15(2)29-21)12-27-17-5-4-6-18(11-17)28-13-20(26-3)22(24)25/h7-10,17-18,20H,4-6,11-13H2,1-3H3,(H,24,25)/t17-,18+,20?/m0/s1. The van der Waals surface area contributed by atoms with E-state index in [0.717, 1.165) is 42.7 Å². The maximum Gasteiger partial charge on any atom is 0.335 e. The third kappa shape index (κ3) is 5.88. The number of ether oxygens (including phenoxy) is 3. The normalized spacial score (nSPS) is 20.5. The van der Waals surface area contributed by atoms with Gasteiger partial charge in [-0.1, -0.05) is 17.7 Å². The monoisotopic (exact) mass is 403 g/mol. The summed E-state index contributed by atoms with van der Waals surface area (Å²) in [4.78, 5) is 15.6.